The van der Waals surface area contributed by atoms with Gasteiger partial charge in [0, 0.05) is 0 Å². The molecule has 1 unspecified atom stereocenters. The fourth-order valence-corrected chi connectivity index (χ4v) is 1.53. The fraction of sp³-hybridized carbons (Fsp3) is 0.429. The van der Waals surface area contributed by atoms with Crippen molar-refractivity contribution in [1.29, 1.82) is 0 Å². The highest BCUT2D eigenvalue weighted by molar-refractivity contribution is 6.04. The summed E-state index contributed by atoms with van der Waals surface area (Å²) >= 11 is 0. The standard InChI is InChI=1S/C14H20FN3O4/c1-13(2,3)22-12(21)14(17,11(19)20)7-18-10-5-4-8(15)6-9(10)16/h4-6,18H,7,16-17H2,1-3H3,(H,19,20). The van der Waals surface area contributed by atoms with Crippen molar-refractivity contribution in [2.75, 3.05) is 17.6 Å². The SMILES string of the molecule is CC(C)(C)OC(=O)C(N)(CNc1ccc(F)cc1N)C(=O)O. The van der Waals surface area contributed by atoms with Crippen molar-refractivity contribution < 1.29 is 23.8 Å². The number of nitrogens with two attached hydrogens (primary N) is 2. The summed E-state index contributed by atoms with van der Waals surface area (Å²) in [4.78, 5) is 23.4. The first kappa shape index (κ1) is 17.7. The number of anilines is 2. The third-order valence-electron chi connectivity index (χ3n) is 2.72. The first-order valence-electron chi connectivity index (χ1n) is 6.50. The van der Waals surface area contributed by atoms with E-state index in [9.17, 15) is 19.1 Å². The van der Waals surface area contributed by atoms with E-state index < -0.39 is 35.4 Å². The Morgan fingerprint density at radius 3 is 2.41 bits per heavy atom. The number of carboxylic acids is 1. The number of aliphatic carboxylic acids is 1. The molecule has 0 fully saturated rings. The van der Waals surface area contributed by atoms with Crippen LogP contribution in [0.2, 0.25) is 0 Å². The molecule has 0 radical (unpaired) electrons. The molecule has 8 heteroatoms. The summed E-state index contributed by atoms with van der Waals surface area (Å²) in [7, 11) is 0. The molecule has 6 N–H and O–H groups in total. The summed E-state index contributed by atoms with van der Waals surface area (Å²) < 4.78 is 18.0. The Morgan fingerprint density at radius 2 is 1.95 bits per heavy atom. The number of ether oxygens (including phenoxy) is 1. The van der Waals surface area contributed by atoms with Crippen molar-refractivity contribution >= 4 is 23.3 Å². The molecule has 122 valence electrons. The van der Waals surface area contributed by atoms with Crippen molar-refractivity contribution in [3.05, 3.63) is 24.0 Å². The number of hydrogen-bond donors (Lipinski definition) is 4. The summed E-state index contributed by atoms with van der Waals surface area (Å²) in [6, 6.07) is 3.53. The molecule has 0 aliphatic rings. The number of carbonyl (C=O) groups excluding carboxylic acids is 1. The smallest absolute Gasteiger partial charge is 0.340 e. The Morgan fingerprint density at radius 1 is 1.36 bits per heavy atom. The molecule has 1 rings (SSSR count). The van der Waals surface area contributed by atoms with Crippen molar-refractivity contribution in [3.63, 3.8) is 0 Å². The number of carbonyl (C=O) groups is 2. The molecule has 0 aromatic heterocycles. The molecule has 7 nitrogen and oxygen atoms in total. The number of rotatable bonds is 5. The van der Waals surface area contributed by atoms with E-state index in [1.165, 1.54) is 6.07 Å². The Hall–Kier alpha value is -2.35. The van der Waals surface area contributed by atoms with Crippen LogP contribution in [-0.2, 0) is 14.3 Å². The van der Waals surface area contributed by atoms with Crippen molar-refractivity contribution in [1.82, 2.24) is 0 Å². The molecular formula is C14H20FN3O4. The molecule has 0 aliphatic carbocycles. The number of nitrogen functional groups attached to an aromatic ring is 1. The zero-order valence-corrected chi connectivity index (χ0v) is 12.6. The van der Waals surface area contributed by atoms with E-state index in [4.69, 9.17) is 16.2 Å². The molecule has 1 atom stereocenters. The van der Waals surface area contributed by atoms with E-state index in [1.54, 1.807) is 20.8 Å². The van der Waals surface area contributed by atoms with Crippen LogP contribution in [0.5, 0.6) is 0 Å². The van der Waals surface area contributed by atoms with Gasteiger partial charge in [-0.15, -0.1) is 0 Å². The number of halogens is 1. The molecule has 1 aromatic rings. The van der Waals surface area contributed by atoms with Gasteiger partial charge in [0.15, 0.2) is 0 Å². The molecule has 0 amide bonds. The first-order valence-corrected chi connectivity index (χ1v) is 6.50. The molecule has 0 saturated carbocycles. The van der Waals surface area contributed by atoms with Crippen molar-refractivity contribution in [2.24, 2.45) is 5.73 Å². The summed E-state index contributed by atoms with van der Waals surface area (Å²) in [6.07, 6.45) is 0. The third kappa shape index (κ3) is 4.32. The number of carboxylic acid groups (broad SMARTS) is 1. The Kier molecular flexibility index (Phi) is 4.98. The van der Waals surface area contributed by atoms with Crippen LogP contribution in [0, 0.1) is 5.82 Å². The Labute approximate surface area is 127 Å². The molecule has 0 bridgehead atoms. The molecule has 0 heterocycles. The lowest BCUT2D eigenvalue weighted by Crippen LogP contribution is -2.61. The van der Waals surface area contributed by atoms with E-state index >= 15 is 0 Å². The highest BCUT2D eigenvalue weighted by atomic mass is 19.1. The van der Waals surface area contributed by atoms with Crippen LogP contribution in [-0.4, -0.2) is 34.7 Å². The van der Waals surface area contributed by atoms with Gasteiger partial charge in [0.2, 0.25) is 5.54 Å². The highest BCUT2D eigenvalue weighted by Gasteiger charge is 2.45. The van der Waals surface area contributed by atoms with Crippen LogP contribution in [0.1, 0.15) is 20.8 Å². The van der Waals surface area contributed by atoms with Crippen LogP contribution < -0.4 is 16.8 Å². The lowest BCUT2D eigenvalue weighted by Gasteiger charge is -2.28. The van der Waals surface area contributed by atoms with Crippen LogP contribution >= 0.6 is 0 Å². The number of nitrogens with one attached hydrogen (secondary N) is 1. The van der Waals surface area contributed by atoms with Gasteiger partial charge >= 0.3 is 11.9 Å². The normalized spacial score (nSPS) is 14.0. The lowest BCUT2D eigenvalue weighted by molar-refractivity contribution is -0.168. The molecule has 0 aliphatic heterocycles. The Bertz CT molecular complexity index is 586. The van der Waals surface area contributed by atoms with E-state index in [0.29, 0.717) is 0 Å². The molecule has 1 aromatic carbocycles. The van der Waals surface area contributed by atoms with Gasteiger partial charge in [0.05, 0.1) is 17.9 Å². The molecule has 0 spiro atoms. The van der Waals surface area contributed by atoms with Gasteiger partial charge in [-0.3, -0.25) is 0 Å². The minimum atomic E-state index is -2.30. The topological polar surface area (TPSA) is 128 Å². The minimum Gasteiger partial charge on any atom is -0.479 e. The monoisotopic (exact) mass is 313 g/mol. The van der Waals surface area contributed by atoms with Gasteiger partial charge in [0.25, 0.3) is 0 Å². The maximum atomic E-state index is 13.0. The van der Waals surface area contributed by atoms with E-state index in [0.717, 1.165) is 12.1 Å². The summed E-state index contributed by atoms with van der Waals surface area (Å²) in [5, 5.41) is 11.9. The predicted octanol–water partition coefficient (Wildman–Crippen LogP) is 0.944. The average molecular weight is 313 g/mol. The van der Waals surface area contributed by atoms with Gasteiger partial charge in [-0.1, -0.05) is 0 Å². The van der Waals surface area contributed by atoms with Crippen molar-refractivity contribution in [2.45, 2.75) is 31.9 Å². The fourth-order valence-electron chi connectivity index (χ4n) is 1.53. The van der Waals surface area contributed by atoms with Gasteiger partial charge in [0.1, 0.15) is 11.4 Å². The number of benzene rings is 1. The zero-order valence-electron chi connectivity index (χ0n) is 12.6. The third-order valence-corrected chi connectivity index (χ3v) is 2.72. The van der Waals surface area contributed by atoms with E-state index in [1.807, 2.05) is 0 Å². The zero-order chi connectivity index (χ0) is 17.1. The van der Waals surface area contributed by atoms with Gasteiger partial charge in [-0.05, 0) is 39.0 Å². The lowest BCUT2D eigenvalue weighted by atomic mass is 10.0. The van der Waals surface area contributed by atoms with E-state index in [-0.39, 0.29) is 11.4 Å². The minimum absolute atomic E-state index is 0.0666. The summed E-state index contributed by atoms with van der Waals surface area (Å²) in [5.74, 6) is -3.16. The molecule has 22 heavy (non-hydrogen) atoms. The van der Waals surface area contributed by atoms with E-state index in [2.05, 4.69) is 5.32 Å². The number of esters is 1. The maximum Gasteiger partial charge on any atom is 0.340 e. The summed E-state index contributed by atoms with van der Waals surface area (Å²) in [5.41, 5.74) is 8.42. The van der Waals surface area contributed by atoms with Crippen LogP contribution in [0.25, 0.3) is 0 Å². The highest BCUT2D eigenvalue weighted by Crippen LogP contribution is 2.21. The van der Waals surface area contributed by atoms with Gasteiger partial charge in [-0.2, -0.15) is 0 Å². The van der Waals surface area contributed by atoms with Crippen molar-refractivity contribution in [3.8, 4) is 0 Å². The first-order chi connectivity index (χ1) is 9.95. The second kappa shape index (κ2) is 6.18. The number of hydrogen-bond acceptors (Lipinski definition) is 6. The quantitative estimate of drug-likeness (QED) is 0.362. The van der Waals surface area contributed by atoms with Crippen LogP contribution in [0.15, 0.2) is 18.2 Å². The van der Waals surface area contributed by atoms with Crippen LogP contribution in [0.3, 0.4) is 0 Å². The maximum absolute atomic E-state index is 13.0. The second-order valence-electron chi connectivity index (χ2n) is 5.86. The molecular weight excluding hydrogens is 293 g/mol. The second-order valence-corrected chi connectivity index (χ2v) is 5.86. The Balaban J connectivity index is 2.92. The van der Waals surface area contributed by atoms with Gasteiger partial charge < -0.3 is 26.6 Å². The largest absolute Gasteiger partial charge is 0.479 e. The average Bonchev–Trinajstić information content (AvgIpc) is 2.34. The van der Waals surface area contributed by atoms with Gasteiger partial charge in [-0.25, -0.2) is 14.0 Å². The van der Waals surface area contributed by atoms with Crippen LogP contribution in [0.4, 0.5) is 15.8 Å². The molecule has 0 saturated heterocycles. The predicted molar refractivity (Wildman–Crippen MR) is 79.7 cm³/mol. The summed E-state index contributed by atoms with van der Waals surface area (Å²) in [6.45, 7) is 4.32.